The molecule has 5 heteroatoms. The minimum absolute atomic E-state index is 0.00901. The average Bonchev–Trinajstić information content (AvgIpc) is 2.68. The molecular weight excluding hydrogens is 326 g/mol. The van der Waals surface area contributed by atoms with Gasteiger partial charge in [-0.1, -0.05) is 36.8 Å². The third-order valence-corrected chi connectivity index (χ3v) is 5.90. The molecule has 2 aliphatic rings. The molecule has 0 radical (unpaired) electrons. The molecule has 5 nitrogen and oxygen atoms in total. The van der Waals surface area contributed by atoms with E-state index in [4.69, 9.17) is 4.74 Å². The maximum atomic E-state index is 13.0. The fraction of sp³-hybridized carbons (Fsp3) is 0.667. The number of hydrogen-bond acceptors (Lipinski definition) is 4. The molecule has 3 rings (SSSR count). The molecule has 144 valence electrons. The molecular formula is C21H33N3O2. The molecule has 0 aliphatic carbocycles. The molecule has 0 spiro atoms. The van der Waals surface area contributed by atoms with E-state index in [2.05, 4.69) is 39.8 Å². The average molecular weight is 360 g/mol. The lowest BCUT2D eigenvalue weighted by atomic mass is 9.79. The second-order valence-electron chi connectivity index (χ2n) is 7.87. The van der Waals surface area contributed by atoms with E-state index >= 15 is 0 Å². The van der Waals surface area contributed by atoms with Crippen molar-refractivity contribution in [3.05, 3.63) is 35.9 Å². The Morgan fingerprint density at radius 1 is 1.27 bits per heavy atom. The number of nitrogens with one attached hydrogen (secondary N) is 2. The van der Waals surface area contributed by atoms with E-state index in [1.807, 2.05) is 6.07 Å². The monoisotopic (exact) mass is 359 g/mol. The Hall–Kier alpha value is -1.43. The summed E-state index contributed by atoms with van der Waals surface area (Å²) in [7, 11) is 1.76. The van der Waals surface area contributed by atoms with Crippen LogP contribution in [0.1, 0.15) is 37.7 Å². The molecule has 2 N–H and O–H groups in total. The first-order chi connectivity index (χ1) is 12.7. The third kappa shape index (κ3) is 5.06. The standard InChI is InChI=1S/C21H33N3O2/c1-26-17-21(10-12-22-13-11-21)16-23-20(25)19-9-5-6-14-24(19)15-18-7-3-2-4-8-18/h2-4,7-8,19,22H,5-6,9-17H2,1H3,(H,23,25). The Kier molecular flexibility index (Phi) is 7.06. The first-order valence-electron chi connectivity index (χ1n) is 9.98. The lowest BCUT2D eigenvalue weighted by molar-refractivity contribution is -0.128. The molecule has 1 amide bonds. The van der Waals surface area contributed by atoms with Gasteiger partial charge in [-0.05, 0) is 50.9 Å². The Labute approximate surface area is 157 Å². The van der Waals surface area contributed by atoms with Gasteiger partial charge in [0.1, 0.15) is 0 Å². The number of amides is 1. The minimum atomic E-state index is -0.00901. The van der Waals surface area contributed by atoms with Crippen LogP contribution in [0.25, 0.3) is 0 Å². The van der Waals surface area contributed by atoms with E-state index in [9.17, 15) is 4.79 Å². The summed E-state index contributed by atoms with van der Waals surface area (Å²) in [6, 6.07) is 10.5. The molecule has 0 bridgehead atoms. The first-order valence-corrected chi connectivity index (χ1v) is 9.98. The minimum Gasteiger partial charge on any atom is -0.384 e. The number of nitrogens with zero attached hydrogens (tertiary/aromatic N) is 1. The summed E-state index contributed by atoms with van der Waals surface area (Å²) < 4.78 is 5.47. The molecule has 2 heterocycles. The summed E-state index contributed by atoms with van der Waals surface area (Å²) in [5.41, 5.74) is 1.36. The van der Waals surface area contributed by atoms with Gasteiger partial charge in [-0.3, -0.25) is 9.69 Å². The van der Waals surface area contributed by atoms with Gasteiger partial charge in [0.05, 0.1) is 12.6 Å². The van der Waals surface area contributed by atoms with Gasteiger partial charge < -0.3 is 15.4 Å². The predicted octanol–water partition coefficient (Wildman–Crippen LogP) is 2.17. The quantitative estimate of drug-likeness (QED) is 0.783. The molecule has 1 aromatic rings. The summed E-state index contributed by atoms with van der Waals surface area (Å²) >= 11 is 0. The normalized spacial score (nSPS) is 23.5. The van der Waals surface area contributed by atoms with Gasteiger partial charge in [0, 0.05) is 25.6 Å². The van der Waals surface area contributed by atoms with Crippen LogP contribution in [-0.4, -0.2) is 56.7 Å². The molecule has 1 aromatic carbocycles. The Morgan fingerprint density at radius 2 is 2.04 bits per heavy atom. The maximum Gasteiger partial charge on any atom is 0.237 e. The van der Waals surface area contributed by atoms with Gasteiger partial charge >= 0.3 is 0 Å². The summed E-state index contributed by atoms with van der Waals surface area (Å²) in [6.07, 6.45) is 5.38. The van der Waals surface area contributed by atoms with Gasteiger partial charge in [0.25, 0.3) is 0 Å². The summed E-state index contributed by atoms with van der Waals surface area (Å²) in [5, 5.41) is 6.68. The van der Waals surface area contributed by atoms with Crippen LogP contribution in [0.15, 0.2) is 30.3 Å². The van der Waals surface area contributed by atoms with Crippen LogP contribution in [0, 0.1) is 5.41 Å². The molecule has 1 unspecified atom stereocenters. The summed E-state index contributed by atoms with van der Waals surface area (Å²) in [6.45, 7) is 5.29. The Balaban J connectivity index is 1.59. The highest BCUT2D eigenvalue weighted by Crippen LogP contribution is 2.28. The van der Waals surface area contributed by atoms with Crippen LogP contribution < -0.4 is 10.6 Å². The molecule has 2 fully saturated rings. The van der Waals surface area contributed by atoms with Gasteiger partial charge in [0.15, 0.2) is 0 Å². The largest absolute Gasteiger partial charge is 0.384 e. The summed E-state index contributed by atoms with van der Waals surface area (Å²) in [5.74, 6) is 0.189. The van der Waals surface area contributed by atoms with Crippen molar-refractivity contribution >= 4 is 5.91 Å². The maximum absolute atomic E-state index is 13.0. The number of rotatable bonds is 7. The van der Waals surface area contributed by atoms with Crippen molar-refractivity contribution in [2.75, 3.05) is 39.9 Å². The predicted molar refractivity (Wildman–Crippen MR) is 104 cm³/mol. The van der Waals surface area contributed by atoms with Gasteiger partial charge in [-0.25, -0.2) is 0 Å². The van der Waals surface area contributed by atoms with Crippen molar-refractivity contribution in [1.29, 1.82) is 0 Å². The van der Waals surface area contributed by atoms with E-state index < -0.39 is 0 Å². The number of methoxy groups -OCH3 is 1. The van der Waals surface area contributed by atoms with E-state index in [1.54, 1.807) is 7.11 Å². The lowest BCUT2D eigenvalue weighted by Crippen LogP contribution is -2.53. The van der Waals surface area contributed by atoms with Crippen molar-refractivity contribution in [1.82, 2.24) is 15.5 Å². The number of benzene rings is 1. The van der Waals surface area contributed by atoms with Crippen LogP contribution >= 0.6 is 0 Å². The zero-order valence-corrected chi connectivity index (χ0v) is 16.0. The molecule has 26 heavy (non-hydrogen) atoms. The fourth-order valence-corrected chi connectivity index (χ4v) is 4.32. The van der Waals surface area contributed by atoms with E-state index in [0.29, 0.717) is 6.61 Å². The van der Waals surface area contributed by atoms with E-state index in [0.717, 1.165) is 58.4 Å². The van der Waals surface area contributed by atoms with Gasteiger partial charge in [-0.2, -0.15) is 0 Å². The highest BCUT2D eigenvalue weighted by atomic mass is 16.5. The van der Waals surface area contributed by atoms with Crippen molar-refractivity contribution < 1.29 is 9.53 Å². The number of carbonyl (C=O) groups is 1. The van der Waals surface area contributed by atoms with Crippen molar-refractivity contribution in [3.63, 3.8) is 0 Å². The number of piperidine rings is 2. The second kappa shape index (κ2) is 9.49. The van der Waals surface area contributed by atoms with Crippen molar-refractivity contribution in [3.8, 4) is 0 Å². The molecule has 1 atom stereocenters. The summed E-state index contributed by atoms with van der Waals surface area (Å²) in [4.78, 5) is 15.3. The lowest BCUT2D eigenvalue weighted by Gasteiger charge is -2.39. The second-order valence-corrected chi connectivity index (χ2v) is 7.87. The third-order valence-electron chi connectivity index (χ3n) is 5.90. The molecule has 2 aliphatic heterocycles. The van der Waals surface area contributed by atoms with Gasteiger partial charge in [0.2, 0.25) is 5.91 Å². The molecule has 2 saturated heterocycles. The van der Waals surface area contributed by atoms with Crippen LogP contribution in [-0.2, 0) is 16.1 Å². The SMILES string of the molecule is COCC1(CNC(=O)C2CCCCN2Cc2ccccc2)CCNCC1. The molecule has 0 aromatic heterocycles. The van der Waals surface area contributed by atoms with Crippen LogP contribution in [0.5, 0.6) is 0 Å². The van der Waals surface area contributed by atoms with Crippen LogP contribution in [0.2, 0.25) is 0 Å². The molecule has 0 saturated carbocycles. The fourth-order valence-electron chi connectivity index (χ4n) is 4.32. The first kappa shape index (κ1) is 19.3. The zero-order valence-electron chi connectivity index (χ0n) is 16.0. The van der Waals surface area contributed by atoms with E-state index in [-0.39, 0.29) is 17.4 Å². The number of ether oxygens (including phenoxy) is 1. The number of carbonyl (C=O) groups excluding carboxylic acids is 1. The Bertz CT molecular complexity index is 552. The van der Waals surface area contributed by atoms with Crippen LogP contribution in [0.4, 0.5) is 0 Å². The Morgan fingerprint density at radius 3 is 2.77 bits per heavy atom. The number of hydrogen-bond donors (Lipinski definition) is 2. The van der Waals surface area contributed by atoms with Crippen LogP contribution in [0.3, 0.4) is 0 Å². The highest BCUT2D eigenvalue weighted by molar-refractivity contribution is 5.81. The zero-order chi connectivity index (χ0) is 18.2. The van der Waals surface area contributed by atoms with Crippen molar-refractivity contribution in [2.45, 2.75) is 44.7 Å². The van der Waals surface area contributed by atoms with E-state index in [1.165, 1.54) is 12.0 Å². The highest BCUT2D eigenvalue weighted by Gasteiger charge is 2.34. The number of likely N-dealkylation sites (tertiary alicyclic amines) is 1. The topological polar surface area (TPSA) is 53.6 Å². The van der Waals surface area contributed by atoms with Crippen molar-refractivity contribution in [2.24, 2.45) is 5.41 Å². The van der Waals surface area contributed by atoms with Gasteiger partial charge in [-0.15, -0.1) is 0 Å². The smallest absolute Gasteiger partial charge is 0.237 e.